The van der Waals surface area contributed by atoms with Crippen LogP contribution in [0.1, 0.15) is 31.2 Å². The Balaban J connectivity index is 1.45. The van der Waals surface area contributed by atoms with Gasteiger partial charge in [0.1, 0.15) is 5.75 Å². The number of carbonyl (C=O) groups excluding carboxylic acids is 1. The monoisotopic (exact) mass is 364 g/mol. The molecule has 1 aliphatic heterocycles. The van der Waals surface area contributed by atoms with Gasteiger partial charge >= 0.3 is 6.03 Å². The lowest BCUT2D eigenvalue weighted by Crippen LogP contribution is -2.46. The molecule has 0 aliphatic carbocycles. The zero-order valence-electron chi connectivity index (χ0n) is 15.2. The molecule has 2 aromatic carbocycles. The third kappa shape index (κ3) is 3.89. The third-order valence-corrected chi connectivity index (χ3v) is 5.28. The van der Waals surface area contributed by atoms with Crippen molar-refractivity contribution in [2.75, 3.05) is 11.9 Å². The maximum Gasteiger partial charge on any atom is 0.322 e. The lowest BCUT2D eigenvalue weighted by molar-refractivity contribution is 0.158. The largest absolute Gasteiger partial charge is 0.508 e. The molecule has 27 heavy (non-hydrogen) atoms. The number of likely N-dealkylation sites (tertiary alicyclic amines) is 1. The number of carbonyl (C=O) groups is 1. The normalized spacial score (nSPS) is 17.2. The Hall–Kier alpha value is -3.02. The maximum absolute atomic E-state index is 12.9. The van der Waals surface area contributed by atoms with Crippen molar-refractivity contribution in [1.82, 2.24) is 15.1 Å². The second kappa shape index (κ2) is 7.70. The number of fused-ring (bicyclic) bond motifs is 1. The number of rotatable bonds is 4. The molecule has 0 saturated carbocycles. The van der Waals surface area contributed by atoms with Gasteiger partial charge in [-0.25, -0.2) is 4.79 Å². The van der Waals surface area contributed by atoms with E-state index in [9.17, 15) is 9.90 Å². The summed E-state index contributed by atoms with van der Waals surface area (Å²) in [6.45, 7) is 0.773. The topological polar surface area (TPSA) is 81.2 Å². The molecule has 6 heteroatoms. The summed E-state index contributed by atoms with van der Waals surface area (Å²) in [6, 6.07) is 13.3. The molecular weight excluding hydrogens is 340 g/mol. The van der Waals surface area contributed by atoms with Gasteiger partial charge in [-0.3, -0.25) is 5.10 Å². The number of hydrogen-bond donors (Lipinski definition) is 3. The second-order valence-corrected chi connectivity index (χ2v) is 7.12. The Bertz CT molecular complexity index is 937. The fourth-order valence-electron chi connectivity index (χ4n) is 3.87. The van der Waals surface area contributed by atoms with E-state index in [1.807, 2.05) is 35.2 Å². The fraction of sp³-hybridized carbons (Fsp3) is 0.333. The molecule has 1 fully saturated rings. The number of nitrogens with zero attached hydrogens (tertiary/aromatic N) is 2. The molecule has 0 unspecified atom stereocenters. The van der Waals surface area contributed by atoms with Gasteiger partial charge in [0.05, 0.1) is 17.4 Å². The van der Waals surface area contributed by atoms with Crippen LogP contribution in [0.25, 0.3) is 10.9 Å². The van der Waals surface area contributed by atoms with Gasteiger partial charge in [0.25, 0.3) is 0 Å². The minimum absolute atomic E-state index is 0.0577. The van der Waals surface area contributed by atoms with Gasteiger partial charge < -0.3 is 15.3 Å². The first kappa shape index (κ1) is 17.4. The molecule has 1 saturated heterocycles. The molecule has 3 aromatic rings. The van der Waals surface area contributed by atoms with Gasteiger partial charge in [-0.2, -0.15) is 5.10 Å². The predicted octanol–water partition coefficient (Wildman–Crippen LogP) is 4.29. The number of anilines is 1. The van der Waals surface area contributed by atoms with Crippen LogP contribution in [0.4, 0.5) is 10.5 Å². The van der Waals surface area contributed by atoms with Gasteiger partial charge in [0, 0.05) is 18.0 Å². The van der Waals surface area contributed by atoms with Crippen LogP contribution in [0.15, 0.2) is 48.7 Å². The van der Waals surface area contributed by atoms with E-state index in [0.717, 1.165) is 60.8 Å². The van der Waals surface area contributed by atoms with Crippen LogP contribution < -0.4 is 5.32 Å². The summed E-state index contributed by atoms with van der Waals surface area (Å²) in [6.07, 6.45) is 6.68. The Morgan fingerprint density at radius 3 is 3.04 bits per heavy atom. The number of aromatic amines is 1. The summed E-state index contributed by atoms with van der Waals surface area (Å²) < 4.78 is 0. The quantitative estimate of drug-likeness (QED) is 0.646. The number of H-pyrrole nitrogens is 1. The zero-order valence-corrected chi connectivity index (χ0v) is 15.2. The SMILES string of the molecule is O=C(Nc1cccc2cn[nH]c12)N1CCCC[C@@H]1CCc1cccc(O)c1. The summed E-state index contributed by atoms with van der Waals surface area (Å²) in [5.41, 5.74) is 2.70. The first-order chi connectivity index (χ1) is 13.2. The van der Waals surface area contributed by atoms with E-state index in [1.54, 1.807) is 18.3 Å². The Labute approximate surface area is 158 Å². The van der Waals surface area contributed by atoms with Crippen LogP contribution in [0.3, 0.4) is 0 Å². The third-order valence-electron chi connectivity index (χ3n) is 5.28. The molecule has 3 N–H and O–H groups in total. The lowest BCUT2D eigenvalue weighted by atomic mass is 9.96. The highest BCUT2D eigenvalue weighted by Crippen LogP contribution is 2.25. The summed E-state index contributed by atoms with van der Waals surface area (Å²) in [5, 5.41) is 20.7. The zero-order chi connectivity index (χ0) is 18.6. The average Bonchev–Trinajstić information content (AvgIpc) is 3.16. The minimum Gasteiger partial charge on any atom is -0.508 e. The number of benzene rings is 2. The lowest BCUT2D eigenvalue weighted by Gasteiger charge is -2.36. The first-order valence-corrected chi connectivity index (χ1v) is 9.48. The van der Waals surface area contributed by atoms with E-state index >= 15 is 0 Å². The Morgan fingerprint density at radius 2 is 2.15 bits per heavy atom. The van der Waals surface area contributed by atoms with Crippen LogP contribution in [-0.2, 0) is 6.42 Å². The molecule has 0 radical (unpaired) electrons. The minimum atomic E-state index is -0.0577. The Kier molecular flexibility index (Phi) is 4.96. The average molecular weight is 364 g/mol. The van der Waals surface area contributed by atoms with E-state index in [4.69, 9.17) is 0 Å². The van der Waals surface area contributed by atoms with Crippen molar-refractivity contribution in [3.05, 3.63) is 54.2 Å². The van der Waals surface area contributed by atoms with Gasteiger partial charge in [0.2, 0.25) is 0 Å². The molecule has 1 aliphatic rings. The highest BCUT2D eigenvalue weighted by molar-refractivity contribution is 5.99. The van der Waals surface area contributed by atoms with Crippen molar-refractivity contribution in [2.45, 2.75) is 38.1 Å². The molecule has 6 nitrogen and oxygen atoms in total. The molecule has 0 bridgehead atoms. The number of para-hydroxylation sites is 1. The smallest absolute Gasteiger partial charge is 0.322 e. The predicted molar refractivity (Wildman–Crippen MR) is 106 cm³/mol. The molecular formula is C21H24N4O2. The molecule has 2 heterocycles. The van der Waals surface area contributed by atoms with E-state index < -0.39 is 0 Å². The van der Waals surface area contributed by atoms with Crippen molar-refractivity contribution in [3.63, 3.8) is 0 Å². The standard InChI is InChI=1S/C21H24N4O2/c26-18-8-3-5-15(13-18)10-11-17-7-1-2-12-25(17)21(27)23-19-9-4-6-16-14-22-24-20(16)19/h3-6,8-9,13-14,17,26H,1-2,7,10-12H2,(H,22,24)(H,23,27)/t17-/m1/s1. The van der Waals surface area contributed by atoms with E-state index in [2.05, 4.69) is 15.5 Å². The fourth-order valence-corrected chi connectivity index (χ4v) is 3.87. The number of nitrogens with one attached hydrogen (secondary N) is 2. The molecule has 1 atom stereocenters. The van der Waals surface area contributed by atoms with Crippen molar-refractivity contribution < 1.29 is 9.90 Å². The van der Waals surface area contributed by atoms with Crippen molar-refractivity contribution >= 4 is 22.6 Å². The van der Waals surface area contributed by atoms with Gasteiger partial charge in [0.15, 0.2) is 0 Å². The molecule has 140 valence electrons. The van der Waals surface area contributed by atoms with Crippen LogP contribution >= 0.6 is 0 Å². The number of urea groups is 1. The summed E-state index contributed by atoms with van der Waals surface area (Å²) >= 11 is 0. The number of phenols is 1. The summed E-state index contributed by atoms with van der Waals surface area (Å²) in [4.78, 5) is 14.9. The van der Waals surface area contributed by atoms with Crippen LogP contribution in [0, 0.1) is 0 Å². The number of hydrogen-bond acceptors (Lipinski definition) is 3. The van der Waals surface area contributed by atoms with Crippen LogP contribution in [0.2, 0.25) is 0 Å². The van der Waals surface area contributed by atoms with Gasteiger partial charge in [-0.1, -0.05) is 24.3 Å². The summed E-state index contributed by atoms with van der Waals surface area (Å²) in [7, 11) is 0. The van der Waals surface area contributed by atoms with E-state index in [0.29, 0.717) is 5.75 Å². The number of phenolic OH excluding ortho intramolecular Hbond substituents is 1. The van der Waals surface area contributed by atoms with Crippen molar-refractivity contribution in [1.29, 1.82) is 0 Å². The second-order valence-electron chi connectivity index (χ2n) is 7.12. The van der Waals surface area contributed by atoms with Crippen molar-refractivity contribution in [2.24, 2.45) is 0 Å². The Morgan fingerprint density at radius 1 is 1.26 bits per heavy atom. The highest BCUT2D eigenvalue weighted by Gasteiger charge is 2.26. The molecule has 4 rings (SSSR count). The summed E-state index contributed by atoms with van der Waals surface area (Å²) in [5.74, 6) is 0.290. The number of piperidine rings is 1. The van der Waals surface area contributed by atoms with Gasteiger partial charge in [-0.15, -0.1) is 0 Å². The van der Waals surface area contributed by atoms with Gasteiger partial charge in [-0.05, 0) is 55.9 Å². The van der Waals surface area contributed by atoms with E-state index in [1.165, 1.54) is 0 Å². The number of aryl methyl sites for hydroxylation is 1. The molecule has 2 amide bonds. The van der Waals surface area contributed by atoms with Crippen molar-refractivity contribution in [3.8, 4) is 5.75 Å². The highest BCUT2D eigenvalue weighted by atomic mass is 16.3. The first-order valence-electron chi connectivity index (χ1n) is 9.48. The van der Waals surface area contributed by atoms with Crippen LogP contribution in [0.5, 0.6) is 5.75 Å². The number of amides is 2. The number of aromatic hydroxyl groups is 1. The molecule has 0 spiro atoms. The molecule has 1 aromatic heterocycles. The van der Waals surface area contributed by atoms with E-state index in [-0.39, 0.29) is 12.1 Å². The van der Waals surface area contributed by atoms with Crippen LogP contribution in [-0.4, -0.2) is 38.8 Å². The maximum atomic E-state index is 12.9. The number of aromatic nitrogens is 2.